The van der Waals surface area contributed by atoms with Gasteiger partial charge in [0.15, 0.2) is 0 Å². The minimum absolute atomic E-state index is 0.0858. The molecule has 12 aromatic rings. The molecule has 0 atom stereocenters. The van der Waals surface area contributed by atoms with Crippen LogP contribution in [0.2, 0.25) is 26.2 Å². The summed E-state index contributed by atoms with van der Waals surface area (Å²) in [7, 11) is -2.84. The standard InChI is InChI=1S/2C18H20.C15H14.C15H16.C14H14Si.C14H16Si/c2*1-17(2)13-9-5-7-11-15(13)18(3,4)16-12-8-6-10-14(16)17;1-15(2)13-9-5-3-7-11(13)12-8-4-6-10-14(12)15;1-15(2,13-9-5-3-6-10-13)14-11-7-4-8-12-14;1-15(2)13-9-5-3-7-11(13)12-8-4-6-10-14(12)15;1-15(2,13-9-5-3-6-10-13)14-11-7-4-8-12-14/h2*5-12H,1-4H3;3-10H,1-2H3;3-12H,1-2H3;3-10H,1-2H3;3-12H,1-2H3/i1D3,2D3;;;;;. The lowest BCUT2D eigenvalue weighted by Gasteiger charge is -2.43. The molecule has 0 nitrogen and oxygen atoms in total. The Hall–Kier alpha value is -8.93. The first-order valence-electron chi connectivity index (χ1n) is 37.3. The molecule has 0 spiro atoms. The third kappa shape index (κ3) is 13.0. The zero-order chi connectivity index (χ0) is 73.3. The Morgan fingerprint density at radius 1 is 0.260 bits per heavy atom. The van der Waals surface area contributed by atoms with Crippen molar-refractivity contribution in [1.29, 1.82) is 0 Å². The van der Waals surface area contributed by atoms with Crippen molar-refractivity contribution in [2.24, 2.45) is 0 Å². The van der Waals surface area contributed by atoms with Crippen molar-refractivity contribution in [2.45, 2.75) is 142 Å². The van der Waals surface area contributed by atoms with Gasteiger partial charge in [0.25, 0.3) is 0 Å². The van der Waals surface area contributed by atoms with E-state index >= 15 is 0 Å². The first kappa shape index (κ1) is 60.7. The predicted octanol–water partition coefficient (Wildman–Crippen LogP) is 22.3. The van der Waals surface area contributed by atoms with Crippen LogP contribution in [-0.2, 0) is 32.5 Å². The monoisotopic (exact) mass is 1290 g/mol. The van der Waals surface area contributed by atoms with E-state index in [-0.39, 0.29) is 21.7 Å². The molecule has 0 radical (unpaired) electrons. The normalized spacial score (nSPS) is 16.8. The van der Waals surface area contributed by atoms with Crippen LogP contribution in [0.3, 0.4) is 0 Å². The van der Waals surface area contributed by atoms with Gasteiger partial charge in [-0.15, -0.1) is 0 Å². The van der Waals surface area contributed by atoms with Crippen LogP contribution in [0.1, 0.15) is 158 Å². The molecule has 0 amide bonds. The first-order chi connectivity index (χ1) is 48.3. The maximum absolute atomic E-state index is 8.19. The second-order valence-electron chi connectivity index (χ2n) is 30.0. The highest BCUT2D eigenvalue weighted by atomic mass is 28.3. The van der Waals surface area contributed by atoms with Crippen LogP contribution >= 0.6 is 0 Å². The van der Waals surface area contributed by atoms with E-state index in [2.05, 4.69) is 348 Å². The second-order valence-corrected chi connectivity index (χ2v) is 38.7. The Labute approximate surface area is 587 Å². The van der Waals surface area contributed by atoms with Gasteiger partial charge in [0.2, 0.25) is 0 Å². The molecule has 0 unspecified atom stereocenters. The SMILES string of the molecule is CC(C)(c1ccccc1)c1ccccc1.CC1(C)c2ccccc2-c2ccccc21.CC1(C)c2ccccc2C(C)(C)c2ccccc21.C[Si](C)(c1ccccc1)c1ccccc1.C[Si]1(C)c2ccccc2-c2ccccc21.[2H]C([2H])([2H])C1(C([2H])([2H])[2H])c2ccccc2C(C)(C)c2ccccc21. The summed E-state index contributed by atoms with van der Waals surface area (Å²) in [6.45, 7) is 26.7. The third-order valence-corrected chi connectivity index (χ3v) is 28.6. The number of benzene rings is 12. The molecule has 0 N–H and O–H groups in total. The van der Waals surface area contributed by atoms with E-state index in [9.17, 15) is 0 Å². The third-order valence-electron chi connectivity index (χ3n) is 21.5. The molecule has 0 bridgehead atoms. The summed E-state index contributed by atoms with van der Waals surface area (Å²) >= 11 is 0. The summed E-state index contributed by atoms with van der Waals surface area (Å²) in [5.74, 6) is 0. The summed E-state index contributed by atoms with van der Waals surface area (Å²) in [5.41, 5.74) is 17.5. The van der Waals surface area contributed by atoms with Crippen molar-refractivity contribution >= 4 is 36.9 Å². The fourth-order valence-corrected chi connectivity index (χ4v) is 21.0. The highest BCUT2D eigenvalue weighted by Crippen LogP contribution is 2.52. The molecular formula is C94H100Si2. The van der Waals surface area contributed by atoms with Gasteiger partial charge in [-0.2, -0.15) is 0 Å². The Balaban J connectivity index is 0.000000124. The zero-order valence-electron chi connectivity index (χ0n) is 65.0. The van der Waals surface area contributed by atoms with Crippen molar-refractivity contribution in [2.75, 3.05) is 0 Å². The molecule has 3 aliphatic carbocycles. The van der Waals surface area contributed by atoms with E-state index in [1.54, 1.807) is 34.6 Å². The van der Waals surface area contributed by atoms with Crippen LogP contribution < -0.4 is 20.7 Å². The van der Waals surface area contributed by atoms with Crippen molar-refractivity contribution in [3.63, 3.8) is 0 Å². The quantitative estimate of drug-likeness (QED) is 0.154. The minimum Gasteiger partial charge on any atom is -0.0626 e. The van der Waals surface area contributed by atoms with Crippen molar-refractivity contribution in [1.82, 2.24) is 0 Å². The van der Waals surface area contributed by atoms with Crippen molar-refractivity contribution < 1.29 is 8.22 Å². The molecular weight excluding hydrogens is 1190 g/mol. The Bertz CT molecular complexity index is 4330. The number of fused-ring (bicyclic) bond motifs is 10. The van der Waals surface area contributed by atoms with Gasteiger partial charge in [-0.1, -0.05) is 435 Å². The van der Waals surface area contributed by atoms with Crippen LogP contribution in [0, 0.1) is 0 Å². The summed E-state index contributed by atoms with van der Waals surface area (Å²) in [6.07, 6.45) is 0. The molecule has 12 aromatic carbocycles. The molecule has 4 aliphatic rings. The Morgan fingerprint density at radius 2 is 0.469 bits per heavy atom. The van der Waals surface area contributed by atoms with Crippen LogP contribution in [0.15, 0.2) is 315 Å². The van der Waals surface area contributed by atoms with Crippen molar-refractivity contribution in [3.8, 4) is 22.3 Å². The van der Waals surface area contributed by atoms with Gasteiger partial charge < -0.3 is 0 Å². The fraction of sp³-hybridized carbons (Fsp3) is 0.234. The Kier molecular flexibility index (Phi) is 17.3. The molecule has 16 rings (SSSR count). The summed E-state index contributed by atoms with van der Waals surface area (Å²) < 4.78 is 49.2. The largest absolute Gasteiger partial charge is 0.113 e. The van der Waals surface area contributed by atoms with Gasteiger partial charge in [0.1, 0.15) is 16.1 Å². The maximum atomic E-state index is 8.19. The van der Waals surface area contributed by atoms with Gasteiger partial charge in [0.05, 0.1) is 0 Å². The van der Waals surface area contributed by atoms with Crippen LogP contribution in [0.4, 0.5) is 0 Å². The molecule has 2 heteroatoms. The molecule has 0 aromatic heterocycles. The lowest BCUT2D eigenvalue weighted by molar-refractivity contribution is 0.520. The second kappa shape index (κ2) is 27.3. The van der Waals surface area contributed by atoms with E-state index < -0.39 is 40.7 Å². The highest BCUT2D eigenvalue weighted by molar-refractivity contribution is 7.03. The smallest absolute Gasteiger partial charge is 0.0626 e. The van der Waals surface area contributed by atoms with Gasteiger partial charge >= 0.3 is 0 Å². The number of hydrogen-bond donors (Lipinski definition) is 0. The van der Waals surface area contributed by atoms with E-state index in [1.165, 1.54) is 77.1 Å². The number of rotatable bonds is 4. The van der Waals surface area contributed by atoms with Gasteiger partial charge in [-0.25, -0.2) is 0 Å². The van der Waals surface area contributed by atoms with E-state index in [0.29, 0.717) is 11.1 Å². The van der Waals surface area contributed by atoms with E-state index in [0.717, 1.165) is 11.1 Å². The molecule has 0 saturated carbocycles. The minimum atomic E-state index is -2.71. The molecule has 1 heterocycles. The molecule has 1 aliphatic heterocycles. The van der Waals surface area contributed by atoms with Crippen molar-refractivity contribution in [3.05, 3.63) is 382 Å². The zero-order valence-corrected chi connectivity index (χ0v) is 61.0. The predicted molar refractivity (Wildman–Crippen MR) is 422 cm³/mol. The fourth-order valence-electron chi connectivity index (χ4n) is 15.5. The van der Waals surface area contributed by atoms with Crippen LogP contribution in [0.5, 0.6) is 0 Å². The van der Waals surface area contributed by atoms with Crippen LogP contribution in [-0.4, -0.2) is 16.1 Å². The topological polar surface area (TPSA) is 0 Å². The van der Waals surface area contributed by atoms with Gasteiger partial charge in [0, 0.05) is 40.7 Å². The molecule has 0 saturated heterocycles. The number of hydrogen-bond acceptors (Lipinski definition) is 0. The lowest BCUT2D eigenvalue weighted by atomic mass is 9.60. The Morgan fingerprint density at radius 3 is 0.750 bits per heavy atom. The summed E-state index contributed by atoms with van der Waals surface area (Å²) in [5, 5.41) is 6.17. The molecule has 484 valence electrons. The average molecular weight is 1290 g/mol. The van der Waals surface area contributed by atoms with E-state index in [4.69, 9.17) is 8.22 Å². The average Bonchev–Trinajstić information content (AvgIpc) is 0.988. The highest BCUT2D eigenvalue weighted by Gasteiger charge is 2.43. The maximum Gasteiger partial charge on any atom is 0.113 e. The first-order valence-corrected chi connectivity index (χ1v) is 40.3. The molecule has 96 heavy (non-hydrogen) atoms. The molecule has 0 fully saturated rings. The van der Waals surface area contributed by atoms with Gasteiger partial charge in [-0.05, 0) is 99.4 Å². The van der Waals surface area contributed by atoms with E-state index in [1.807, 2.05) is 38.1 Å². The summed E-state index contributed by atoms with van der Waals surface area (Å²) in [6, 6.07) is 110. The summed E-state index contributed by atoms with van der Waals surface area (Å²) in [4.78, 5) is 0. The van der Waals surface area contributed by atoms with Gasteiger partial charge in [-0.3, -0.25) is 0 Å². The lowest BCUT2D eigenvalue weighted by Crippen LogP contribution is -2.52. The van der Waals surface area contributed by atoms with Crippen LogP contribution in [0.25, 0.3) is 22.3 Å².